The number of aromatic nitrogens is 4. The number of pyridine rings is 1. The molecular weight excluding hydrogens is 402 g/mol. The van der Waals surface area contributed by atoms with Gasteiger partial charge in [-0.05, 0) is 57.2 Å². The van der Waals surface area contributed by atoms with Gasteiger partial charge in [-0.3, -0.25) is 4.79 Å². The molecule has 0 aliphatic carbocycles. The van der Waals surface area contributed by atoms with Crippen LogP contribution in [0.4, 0.5) is 0 Å². The molecule has 0 spiro atoms. The highest BCUT2D eigenvalue weighted by atomic mass is 32.1. The topological polar surface area (TPSA) is 93.4 Å². The third-order valence-corrected chi connectivity index (χ3v) is 6.16. The predicted octanol–water partition coefficient (Wildman–Crippen LogP) is 3.02. The smallest absolute Gasteiger partial charge is 0.257 e. The number of carbonyl (C=O) groups is 1. The summed E-state index contributed by atoms with van der Waals surface area (Å²) in [7, 11) is 0. The number of amides is 1. The molecule has 9 heteroatoms. The Balaban J connectivity index is 1.54. The van der Waals surface area contributed by atoms with E-state index in [2.05, 4.69) is 22.1 Å². The lowest BCUT2D eigenvalue weighted by atomic mass is 9.98. The number of ether oxygens (including phenoxy) is 1. The maximum absolute atomic E-state index is 13.4. The van der Waals surface area contributed by atoms with Crippen molar-refractivity contribution in [3.63, 3.8) is 0 Å². The average Bonchev–Trinajstić information content (AvgIpc) is 3.40. The van der Waals surface area contributed by atoms with Crippen molar-refractivity contribution in [2.75, 3.05) is 6.54 Å². The minimum Gasteiger partial charge on any atom is -0.472 e. The van der Waals surface area contributed by atoms with Gasteiger partial charge in [-0.2, -0.15) is 10.2 Å². The molecule has 1 aliphatic rings. The quantitative estimate of drug-likeness (QED) is 0.673. The van der Waals surface area contributed by atoms with E-state index in [-0.39, 0.29) is 18.1 Å². The van der Waals surface area contributed by atoms with Gasteiger partial charge in [0.2, 0.25) is 5.88 Å². The van der Waals surface area contributed by atoms with Crippen LogP contribution in [0.1, 0.15) is 49.5 Å². The van der Waals surface area contributed by atoms with Crippen LogP contribution in [0, 0.1) is 0 Å². The van der Waals surface area contributed by atoms with Gasteiger partial charge in [0.05, 0.1) is 30.1 Å². The van der Waals surface area contributed by atoms with Crippen LogP contribution in [-0.4, -0.2) is 54.6 Å². The Bertz CT molecular complexity index is 1010. The lowest BCUT2D eigenvalue weighted by Crippen LogP contribution is -2.49. The second-order valence-electron chi connectivity index (χ2n) is 8.00. The number of piperidine rings is 1. The van der Waals surface area contributed by atoms with E-state index >= 15 is 0 Å². The molecule has 1 amide bonds. The van der Waals surface area contributed by atoms with Gasteiger partial charge in [-0.1, -0.05) is 0 Å². The summed E-state index contributed by atoms with van der Waals surface area (Å²) in [6.45, 7) is 5.91. The van der Waals surface area contributed by atoms with Gasteiger partial charge in [-0.25, -0.2) is 4.98 Å². The van der Waals surface area contributed by atoms with Crippen LogP contribution in [0.3, 0.4) is 0 Å². The lowest BCUT2D eigenvalue weighted by molar-refractivity contribution is 0.0326. The Kier molecular flexibility index (Phi) is 5.57. The normalized spacial score (nSPS) is 19.7. The fourth-order valence-corrected chi connectivity index (χ4v) is 4.46. The van der Waals surface area contributed by atoms with Crippen LogP contribution < -0.4 is 4.74 Å². The maximum Gasteiger partial charge on any atom is 0.257 e. The second-order valence-corrected chi connectivity index (χ2v) is 8.89. The second kappa shape index (κ2) is 8.16. The van der Waals surface area contributed by atoms with Gasteiger partial charge < -0.3 is 14.7 Å². The van der Waals surface area contributed by atoms with E-state index in [1.54, 1.807) is 38.5 Å². The standard InChI is InChI=1S/C21H25N5O3S/c1-14-6-7-15(29-18-17(21(2,3)28)5-4-9-22-18)13-25(14)19(27)16-8-12-30-20(16)26-23-10-11-24-26/h4-5,8-12,14-15,28H,6-7,13H2,1-3H3/t14-,15+/m1/s1. The van der Waals surface area contributed by atoms with Crippen LogP contribution in [0.15, 0.2) is 42.2 Å². The number of hydrogen-bond acceptors (Lipinski definition) is 7. The molecule has 3 aromatic rings. The number of thiophene rings is 1. The monoisotopic (exact) mass is 427 g/mol. The molecule has 0 saturated carbocycles. The van der Waals surface area contributed by atoms with E-state index in [1.807, 2.05) is 22.4 Å². The molecule has 8 nitrogen and oxygen atoms in total. The Morgan fingerprint density at radius 2 is 2.00 bits per heavy atom. The first-order chi connectivity index (χ1) is 14.3. The average molecular weight is 428 g/mol. The van der Waals surface area contributed by atoms with E-state index in [0.29, 0.717) is 28.6 Å². The van der Waals surface area contributed by atoms with Crippen molar-refractivity contribution in [2.24, 2.45) is 0 Å². The number of rotatable bonds is 5. The summed E-state index contributed by atoms with van der Waals surface area (Å²) in [4.78, 5) is 21.0. The van der Waals surface area contributed by atoms with Crippen LogP contribution in [0.2, 0.25) is 0 Å². The number of aliphatic hydroxyl groups is 1. The zero-order valence-electron chi connectivity index (χ0n) is 17.2. The molecular formula is C21H25N5O3S. The Hall–Kier alpha value is -2.78. The molecule has 0 bridgehead atoms. The molecule has 3 aromatic heterocycles. The van der Waals surface area contributed by atoms with Crippen molar-refractivity contribution in [1.82, 2.24) is 24.9 Å². The molecule has 1 saturated heterocycles. The summed E-state index contributed by atoms with van der Waals surface area (Å²) in [6, 6.07) is 5.49. The molecule has 158 valence electrons. The first-order valence-corrected chi connectivity index (χ1v) is 10.8. The van der Waals surface area contributed by atoms with Gasteiger partial charge in [-0.15, -0.1) is 16.1 Å². The molecule has 0 unspecified atom stereocenters. The van der Waals surface area contributed by atoms with Gasteiger partial charge in [0.15, 0.2) is 5.00 Å². The van der Waals surface area contributed by atoms with Crippen molar-refractivity contribution < 1.29 is 14.6 Å². The molecule has 1 fully saturated rings. The number of nitrogens with zero attached hydrogens (tertiary/aromatic N) is 5. The van der Waals surface area contributed by atoms with E-state index in [9.17, 15) is 9.90 Å². The number of likely N-dealkylation sites (tertiary alicyclic amines) is 1. The maximum atomic E-state index is 13.4. The third-order valence-electron chi connectivity index (χ3n) is 5.28. The van der Waals surface area contributed by atoms with Gasteiger partial charge in [0.1, 0.15) is 6.10 Å². The van der Waals surface area contributed by atoms with Crippen molar-refractivity contribution in [2.45, 2.75) is 51.4 Å². The van der Waals surface area contributed by atoms with Gasteiger partial charge in [0, 0.05) is 17.8 Å². The van der Waals surface area contributed by atoms with Crippen LogP contribution >= 0.6 is 11.3 Å². The number of carbonyl (C=O) groups excluding carboxylic acids is 1. The summed E-state index contributed by atoms with van der Waals surface area (Å²) in [5, 5.41) is 21.3. The van der Waals surface area contributed by atoms with Crippen molar-refractivity contribution in [3.8, 4) is 10.9 Å². The SMILES string of the molecule is C[C@@H]1CC[C@H](Oc2ncccc2C(C)(C)O)CN1C(=O)c1ccsc1-n1nccn1. The van der Waals surface area contributed by atoms with Crippen molar-refractivity contribution >= 4 is 17.2 Å². The summed E-state index contributed by atoms with van der Waals surface area (Å²) >= 11 is 1.43. The molecule has 30 heavy (non-hydrogen) atoms. The van der Waals surface area contributed by atoms with E-state index < -0.39 is 5.60 Å². The highest BCUT2D eigenvalue weighted by Gasteiger charge is 2.33. The lowest BCUT2D eigenvalue weighted by Gasteiger charge is -2.38. The molecule has 4 rings (SSSR count). The van der Waals surface area contributed by atoms with Gasteiger partial charge in [0.25, 0.3) is 5.91 Å². The van der Waals surface area contributed by atoms with Crippen molar-refractivity contribution in [3.05, 3.63) is 53.3 Å². The predicted molar refractivity (Wildman–Crippen MR) is 113 cm³/mol. The molecule has 2 atom stereocenters. The fourth-order valence-electron chi connectivity index (χ4n) is 3.66. The highest BCUT2D eigenvalue weighted by molar-refractivity contribution is 7.12. The van der Waals surface area contributed by atoms with E-state index in [1.165, 1.54) is 16.1 Å². The molecule has 1 N–H and O–H groups in total. The first kappa shape index (κ1) is 20.5. The fraction of sp³-hybridized carbons (Fsp3) is 0.429. The Labute approximate surface area is 179 Å². The summed E-state index contributed by atoms with van der Waals surface area (Å²) < 4.78 is 6.17. The zero-order valence-corrected chi connectivity index (χ0v) is 18.0. The first-order valence-electron chi connectivity index (χ1n) is 9.94. The number of hydrogen-bond donors (Lipinski definition) is 1. The van der Waals surface area contributed by atoms with Crippen molar-refractivity contribution in [1.29, 1.82) is 0 Å². The van der Waals surface area contributed by atoms with Crippen LogP contribution in [0.25, 0.3) is 5.00 Å². The third kappa shape index (κ3) is 4.08. The molecule has 4 heterocycles. The molecule has 1 aliphatic heterocycles. The summed E-state index contributed by atoms with van der Waals surface area (Å²) in [5.74, 6) is 0.349. The van der Waals surface area contributed by atoms with E-state index in [0.717, 1.165) is 12.8 Å². The van der Waals surface area contributed by atoms with Gasteiger partial charge >= 0.3 is 0 Å². The largest absolute Gasteiger partial charge is 0.472 e. The van der Waals surface area contributed by atoms with Crippen LogP contribution in [-0.2, 0) is 5.60 Å². The minimum absolute atomic E-state index is 0.0620. The Morgan fingerprint density at radius 3 is 2.73 bits per heavy atom. The highest BCUT2D eigenvalue weighted by Crippen LogP contribution is 2.31. The zero-order chi connectivity index (χ0) is 21.3. The summed E-state index contributed by atoms with van der Waals surface area (Å²) in [5.41, 5.74) is 0.147. The minimum atomic E-state index is -1.07. The Morgan fingerprint density at radius 1 is 1.23 bits per heavy atom. The summed E-state index contributed by atoms with van der Waals surface area (Å²) in [6.07, 6.45) is 6.26. The molecule has 0 radical (unpaired) electrons. The van der Waals surface area contributed by atoms with Crippen LogP contribution in [0.5, 0.6) is 5.88 Å². The van der Waals surface area contributed by atoms with E-state index in [4.69, 9.17) is 4.74 Å². The molecule has 0 aromatic carbocycles.